The van der Waals surface area contributed by atoms with Gasteiger partial charge in [-0.25, -0.2) is 14.4 Å². The number of nitrogens with one attached hydrogen (secondary N) is 1. The Hall–Kier alpha value is -4.09. The predicted octanol–water partition coefficient (Wildman–Crippen LogP) is 2.22. The van der Waals surface area contributed by atoms with Gasteiger partial charge in [-0.2, -0.15) is 0 Å². The van der Waals surface area contributed by atoms with Crippen LogP contribution in [-0.4, -0.2) is 64.9 Å². The molecular weight excluding hydrogens is 485 g/mol. The number of benzene rings is 1. The lowest BCUT2D eigenvalue weighted by molar-refractivity contribution is -0.149. The molecule has 0 bridgehead atoms. The minimum absolute atomic E-state index is 0.152. The third-order valence-corrected chi connectivity index (χ3v) is 5.76. The van der Waals surface area contributed by atoms with Gasteiger partial charge in [0.25, 0.3) is 0 Å². The third-order valence-electron chi connectivity index (χ3n) is 5.76. The average molecular weight is 516 g/mol. The van der Waals surface area contributed by atoms with Crippen molar-refractivity contribution in [3.05, 3.63) is 42.0 Å². The summed E-state index contributed by atoms with van der Waals surface area (Å²) in [6.07, 6.45) is 3.74. The van der Waals surface area contributed by atoms with Crippen molar-refractivity contribution < 1.29 is 33.0 Å². The Morgan fingerprint density at radius 1 is 1.11 bits per heavy atom. The third kappa shape index (κ3) is 8.23. The fourth-order valence-corrected chi connectivity index (χ4v) is 3.80. The van der Waals surface area contributed by atoms with Crippen LogP contribution in [0.25, 0.3) is 11.1 Å². The molecule has 0 atom stereocenters. The Labute approximate surface area is 213 Å². The first-order chi connectivity index (χ1) is 17.8. The monoisotopic (exact) mass is 515 g/mol. The number of carbonyl (C=O) groups is 3. The van der Waals surface area contributed by atoms with Gasteiger partial charge in [0.15, 0.2) is 0 Å². The Morgan fingerprint density at radius 3 is 2.43 bits per heavy atom. The summed E-state index contributed by atoms with van der Waals surface area (Å²) < 4.78 is 30.5. The lowest BCUT2D eigenvalue weighted by atomic mass is 9.97. The highest BCUT2D eigenvalue weighted by molar-refractivity contribution is 5.95. The number of nitrogens with two attached hydrogens (primary N) is 1. The van der Waals surface area contributed by atoms with E-state index in [0.29, 0.717) is 25.3 Å². The fourth-order valence-electron chi connectivity index (χ4n) is 3.80. The number of piperidine rings is 1. The molecule has 1 aliphatic heterocycles. The second-order valence-electron chi connectivity index (χ2n) is 8.51. The highest BCUT2D eigenvalue weighted by Crippen LogP contribution is 2.25. The number of hydrogen-bond acceptors (Lipinski definition) is 9. The molecule has 1 aromatic carbocycles. The van der Waals surface area contributed by atoms with Gasteiger partial charge in [0, 0.05) is 42.2 Å². The van der Waals surface area contributed by atoms with Gasteiger partial charge in [0.2, 0.25) is 5.91 Å². The normalized spacial score (nSPS) is 13.6. The van der Waals surface area contributed by atoms with Crippen LogP contribution in [0, 0.1) is 17.1 Å². The highest BCUT2D eigenvalue weighted by atomic mass is 19.1. The summed E-state index contributed by atoms with van der Waals surface area (Å²) in [5, 5.41) is 7.11. The Bertz CT molecular complexity index is 1120. The van der Waals surface area contributed by atoms with E-state index in [1.165, 1.54) is 18.5 Å². The van der Waals surface area contributed by atoms with E-state index < -0.39 is 17.8 Å². The number of carbonyl (C=O) groups excluding carboxylic acids is 3. The summed E-state index contributed by atoms with van der Waals surface area (Å²) in [7, 11) is 0. The zero-order chi connectivity index (χ0) is 26.8. The minimum Gasteiger partial charge on any atom is -0.466 e. The highest BCUT2D eigenvalue weighted by Gasteiger charge is 2.25. The number of amidine groups is 1. The van der Waals surface area contributed by atoms with Crippen LogP contribution in [0.15, 0.2) is 30.6 Å². The molecule has 0 spiro atoms. The van der Waals surface area contributed by atoms with Crippen molar-refractivity contribution in [3.63, 3.8) is 0 Å². The maximum atomic E-state index is 15.0. The van der Waals surface area contributed by atoms with Crippen molar-refractivity contribution >= 4 is 23.7 Å². The topological polar surface area (TPSA) is 158 Å². The zero-order valence-corrected chi connectivity index (χ0v) is 20.6. The summed E-state index contributed by atoms with van der Waals surface area (Å²) in [5.74, 6) is -2.16. The molecule has 1 saturated heterocycles. The van der Waals surface area contributed by atoms with E-state index >= 15 is 0 Å². The molecule has 1 amide bonds. The van der Waals surface area contributed by atoms with Crippen molar-refractivity contribution in [2.24, 2.45) is 11.7 Å². The van der Waals surface area contributed by atoms with Gasteiger partial charge >= 0.3 is 17.9 Å². The van der Waals surface area contributed by atoms with E-state index in [9.17, 15) is 18.8 Å². The Balaban J connectivity index is 1.49. The molecule has 1 aliphatic rings. The summed E-state index contributed by atoms with van der Waals surface area (Å²) in [5.41, 5.74) is 6.00. The summed E-state index contributed by atoms with van der Waals surface area (Å²) in [6, 6.07) is 4.83. The van der Waals surface area contributed by atoms with Crippen LogP contribution in [0.4, 0.5) is 4.39 Å². The molecule has 0 unspecified atom stereocenters. The number of ether oxygens (including phenoxy) is 3. The Kier molecular flexibility index (Phi) is 9.87. The number of nitrogens with zero attached hydrogens (tertiary/aromatic N) is 3. The lowest BCUT2D eigenvalue weighted by Crippen LogP contribution is -2.40. The quantitative estimate of drug-likeness (QED) is 0.198. The molecule has 198 valence electrons. The van der Waals surface area contributed by atoms with E-state index in [4.69, 9.17) is 25.4 Å². The first kappa shape index (κ1) is 27.5. The standard InChI is InChI=1S/C25H30FN5O6/c1-2-35-23(34)11-21(32)31-8-6-16(7-9-31)14-37-25-29-12-18(13-30-25)19-5-3-4-17(24(19)26)15-36-22(33)10-20(27)28/h3-5,12-13,16H,2,6-11,14-15H2,1H3,(H3,27,28). The lowest BCUT2D eigenvalue weighted by Gasteiger charge is -2.31. The molecule has 1 fully saturated rings. The SMILES string of the molecule is CCOC(=O)CC(=O)N1CCC(COc2ncc(-c3cccc(COC(=O)CC(=N)N)c3F)cn2)CC1. The van der Waals surface area contributed by atoms with E-state index in [0.717, 1.165) is 12.8 Å². The second-order valence-corrected chi connectivity index (χ2v) is 8.51. The molecule has 2 heterocycles. The van der Waals surface area contributed by atoms with Crippen molar-refractivity contribution in [3.8, 4) is 17.1 Å². The van der Waals surface area contributed by atoms with Crippen LogP contribution in [-0.2, 0) is 30.5 Å². The van der Waals surface area contributed by atoms with Crippen molar-refractivity contribution in [1.29, 1.82) is 5.41 Å². The number of hydrogen-bond donors (Lipinski definition) is 2. The zero-order valence-electron chi connectivity index (χ0n) is 20.6. The summed E-state index contributed by atoms with van der Waals surface area (Å²) in [4.78, 5) is 45.3. The molecule has 3 rings (SSSR count). The largest absolute Gasteiger partial charge is 0.466 e. The van der Waals surface area contributed by atoms with E-state index in [1.807, 2.05) is 0 Å². The molecule has 0 saturated carbocycles. The number of aromatic nitrogens is 2. The number of likely N-dealkylation sites (tertiary alicyclic amines) is 1. The van der Waals surface area contributed by atoms with Crippen LogP contribution in [0.3, 0.4) is 0 Å². The van der Waals surface area contributed by atoms with Crippen molar-refractivity contribution in [1.82, 2.24) is 14.9 Å². The number of rotatable bonds is 11. The smallest absolute Gasteiger partial charge is 0.316 e. The maximum Gasteiger partial charge on any atom is 0.316 e. The van der Waals surface area contributed by atoms with Gasteiger partial charge < -0.3 is 24.8 Å². The fraction of sp³-hybridized carbons (Fsp3) is 0.440. The van der Waals surface area contributed by atoms with Crippen LogP contribution in [0.5, 0.6) is 6.01 Å². The van der Waals surface area contributed by atoms with Crippen molar-refractivity contribution in [2.75, 3.05) is 26.3 Å². The molecule has 37 heavy (non-hydrogen) atoms. The summed E-state index contributed by atoms with van der Waals surface area (Å²) >= 11 is 0. The van der Waals surface area contributed by atoms with Gasteiger partial charge in [-0.1, -0.05) is 18.2 Å². The van der Waals surface area contributed by atoms with Crippen molar-refractivity contribution in [2.45, 2.75) is 39.2 Å². The number of halogens is 1. The maximum absolute atomic E-state index is 15.0. The first-order valence-electron chi connectivity index (χ1n) is 11.9. The van der Waals surface area contributed by atoms with Gasteiger partial charge in [0.05, 0.1) is 13.2 Å². The van der Waals surface area contributed by atoms with Crippen LogP contribution in [0.2, 0.25) is 0 Å². The molecular formula is C25H30FN5O6. The molecule has 0 aliphatic carbocycles. The second kappa shape index (κ2) is 13.3. The molecule has 11 nitrogen and oxygen atoms in total. The molecule has 1 aromatic heterocycles. The molecule has 2 aromatic rings. The Morgan fingerprint density at radius 2 is 1.78 bits per heavy atom. The van der Waals surface area contributed by atoms with Gasteiger partial charge in [-0.3, -0.25) is 19.8 Å². The average Bonchev–Trinajstić information content (AvgIpc) is 2.87. The number of esters is 2. The molecule has 3 N–H and O–H groups in total. The van der Waals surface area contributed by atoms with Gasteiger partial charge in [-0.05, 0) is 25.7 Å². The first-order valence-corrected chi connectivity index (χ1v) is 11.9. The van der Waals surface area contributed by atoms with E-state index in [-0.39, 0.29) is 60.9 Å². The summed E-state index contributed by atoms with van der Waals surface area (Å²) in [6.45, 7) is 3.09. The minimum atomic E-state index is -0.712. The molecule has 0 radical (unpaired) electrons. The van der Waals surface area contributed by atoms with Crippen LogP contribution < -0.4 is 10.5 Å². The predicted molar refractivity (Wildman–Crippen MR) is 130 cm³/mol. The van der Waals surface area contributed by atoms with Crippen LogP contribution in [0.1, 0.15) is 38.2 Å². The van der Waals surface area contributed by atoms with Gasteiger partial charge in [-0.15, -0.1) is 0 Å². The van der Waals surface area contributed by atoms with Crippen LogP contribution >= 0.6 is 0 Å². The van der Waals surface area contributed by atoms with Gasteiger partial charge in [0.1, 0.15) is 31.1 Å². The molecule has 12 heteroatoms. The number of amides is 1. The van der Waals surface area contributed by atoms with E-state index in [2.05, 4.69) is 9.97 Å². The van der Waals surface area contributed by atoms with E-state index in [1.54, 1.807) is 24.0 Å².